The highest BCUT2D eigenvalue weighted by Gasteiger charge is 2.43. The van der Waals surface area contributed by atoms with E-state index in [0.717, 1.165) is 19.3 Å². The topological polar surface area (TPSA) is 195 Å². The number of nitrogens with one attached hydrogen (secondary N) is 4. The summed E-state index contributed by atoms with van der Waals surface area (Å²) in [4.78, 5) is 21.8. The number of carbonyl (C=O) groups is 1. The summed E-state index contributed by atoms with van der Waals surface area (Å²) in [6.07, 6.45) is -3.45. The van der Waals surface area contributed by atoms with Gasteiger partial charge in [0.2, 0.25) is 17.7 Å². The van der Waals surface area contributed by atoms with Crippen molar-refractivity contribution in [3.8, 4) is 23.3 Å². The molecule has 1 saturated heterocycles. The molecule has 2 fully saturated rings. The molecule has 3 unspecified atom stereocenters. The van der Waals surface area contributed by atoms with E-state index >= 15 is 0 Å². The first-order valence-electron chi connectivity index (χ1n) is 19.4. The summed E-state index contributed by atoms with van der Waals surface area (Å²) in [6.45, 7) is 4.63. The lowest BCUT2D eigenvalue weighted by atomic mass is 10.0. The molecule has 316 valence electrons. The molecule has 1 saturated carbocycles. The van der Waals surface area contributed by atoms with Crippen molar-refractivity contribution < 1.29 is 52.3 Å². The molecule has 14 nitrogen and oxygen atoms in total. The number of fused-ring (bicyclic) bond motifs is 2. The molecule has 1 aliphatic carbocycles. The van der Waals surface area contributed by atoms with Crippen LogP contribution in [0, 0.1) is 18.2 Å². The molecule has 2 aromatic heterocycles. The number of halogens is 4. The van der Waals surface area contributed by atoms with Crippen LogP contribution < -0.4 is 30.7 Å². The molecule has 7 rings (SSSR count). The van der Waals surface area contributed by atoms with Crippen molar-refractivity contribution in [3.05, 3.63) is 71.3 Å². The number of hydrogen-bond acceptors (Lipinski definition) is 12. The van der Waals surface area contributed by atoms with E-state index in [1.54, 1.807) is 44.2 Å². The third-order valence-electron chi connectivity index (χ3n) is 11.1. The fourth-order valence-electron chi connectivity index (χ4n) is 7.62. The lowest BCUT2D eigenvalue weighted by molar-refractivity contribution is -0.140. The van der Waals surface area contributed by atoms with Gasteiger partial charge in [-0.1, -0.05) is 12.1 Å². The van der Waals surface area contributed by atoms with Crippen LogP contribution >= 0.6 is 0 Å². The normalized spacial score (nSPS) is 19.4. The number of aromatic nitrogens is 3. The van der Waals surface area contributed by atoms with Crippen molar-refractivity contribution in [2.75, 3.05) is 37.4 Å². The van der Waals surface area contributed by atoms with E-state index in [1.165, 1.54) is 23.8 Å². The maximum Gasteiger partial charge on any atom is 0.419 e. The number of benzene rings is 3. The van der Waals surface area contributed by atoms with E-state index in [4.69, 9.17) is 9.47 Å². The molecule has 0 spiro atoms. The van der Waals surface area contributed by atoms with Gasteiger partial charge in [-0.25, -0.2) is 14.4 Å². The Bertz CT molecular complexity index is 2350. The molecule has 8 N–H and O–H groups in total. The van der Waals surface area contributed by atoms with Gasteiger partial charge >= 0.3 is 6.18 Å². The number of hydrogen-bond donors (Lipinski definition) is 8. The molecule has 5 aromatic rings. The number of methoxy groups -OCH3 is 1. The van der Waals surface area contributed by atoms with E-state index in [2.05, 4.69) is 31.2 Å². The number of anilines is 2. The Kier molecular flexibility index (Phi) is 11.8. The van der Waals surface area contributed by atoms with Crippen molar-refractivity contribution >= 4 is 39.1 Å². The average molecular weight is 826 g/mol. The molecule has 18 heteroatoms. The van der Waals surface area contributed by atoms with Crippen LogP contribution in [0.3, 0.4) is 0 Å². The van der Waals surface area contributed by atoms with Gasteiger partial charge in [0.1, 0.15) is 29.9 Å². The van der Waals surface area contributed by atoms with E-state index in [9.17, 15) is 42.8 Å². The summed E-state index contributed by atoms with van der Waals surface area (Å²) in [6, 6.07) is 9.75. The van der Waals surface area contributed by atoms with Crippen LogP contribution in [-0.2, 0) is 11.0 Å². The monoisotopic (exact) mass is 825 g/mol. The predicted octanol–water partition coefficient (Wildman–Crippen LogP) is 6.37. The number of ether oxygens (including phenoxy) is 2. The van der Waals surface area contributed by atoms with E-state index < -0.39 is 42.1 Å². The number of rotatable bonds is 15. The summed E-state index contributed by atoms with van der Waals surface area (Å²) in [7, 11) is 1.51. The van der Waals surface area contributed by atoms with E-state index in [0.29, 0.717) is 89.1 Å². The van der Waals surface area contributed by atoms with Gasteiger partial charge in [-0.3, -0.25) is 14.7 Å². The molecule has 3 aromatic carbocycles. The second-order valence-electron chi connectivity index (χ2n) is 15.3. The molecule has 2 aliphatic rings. The van der Waals surface area contributed by atoms with Crippen LogP contribution in [0.4, 0.5) is 29.1 Å². The van der Waals surface area contributed by atoms with Gasteiger partial charge in [0.05, 0.1) is 36.9 Å². The Balaban J connectivity index is 0.929. The zero-order valence-corrected chi connectivity index (χ0v) is 32.7. The molecule has 0 radical (unpaired) electrons. The molecule has 0 bridgehead atoms. The van der Waals surface area contributed by atoms with Crippen LogP contribution in [0.2, 0.25) is 0 Å². The predicted molar refractivity (Wildman–Crippen MR) is 211 cm³/mol. The first kappa shape index (κ1) is 41.7. The van der Waals surface area contributed by atoms with Crippen LogP contribution in [0.1, 0.15) is 74.5 Å². The maximum absolute atomic E-state index is 15.0. The van der Waals surface area contributed by atoms with Crippen LogP contribution in [0.5, 0.6) is 23.3 Å². The highest BCUT2D eigenvalue weighted by molar-refractivity contribution is 5.98. The Morgan fingerprint density at radius 1 is 1.02 bits per heavy atom. The number of nitrogens with zero attached hydrogens (tertiary/aromatic N) is 3. The Labute approximate surface area is 336 Å². The van der Waals surface area contributed by atoms with Gasteiger partial charge in [-0.05, 0) is 82.8 Å². The third kappa shape index (κ3) is 8.95. The first-order chi connectivity index (χ1) is 28.1. The molecule has 1 amide bonds. The second-order valence-corrected chi connectivity index (χ2v) is 15.3. The zero-order chi connectivity index (χ0) is 42.2. The molecular formula is C41H47F4N7O7. The third-order valence-corrected chi connectivity index (χ3v) is 11.1. The average Bonchev–Trinajstić information content (AvgIpc) is 3.91. The van der Waals surface area contributed by atoms with Crippen molar-refractivity contribution in [3.63, 3.8) is 0 Å². The fourth-order valence-corrected chi connectivity index (χ4v) is 7.62. The van der Waals surface area contributed by atoms with Crippen LogP contribution in [0.25, 0.3) is 21.7 Å². The summed E-state index contributed by atoms with van der Waals surface area (Å²) in [5, 5.41) is 54.9. The molecule has 59 heavy (non-hydrogen) atoms. The lowest BCUT2D eigenvalue weighted by Gasteiger charge is -2.33. The second kappa shape index (κ2) is 16.7. The van der Waals surface area contributed by atoms with Crippen molar-refractivity contribution in [1.82, 2.24) is 25.2 Å². The van der Waals surface area contributed by atoms with Gasteiger partial charge in [-0.2, -0.15) is 13.2 Å². The summed E-state index contributed by atoms with van der Waals surface area (Å²) >= 11 is 0. The number of alkyl halides is 3. The van der Waals surface area contributed by atoms with Crippen LogP contribution in [0.15, 0.2) is 48.5 Å². The fraction of sp³-hybridized carbons (Fsp3) is 0.439. The number of aryl methyl sites for hydroxylation is 1. The van der Waals surface area contributed by atoms with Gasteiger partial charge in [-0.15, -0.1) is 0 Å². The first-order valence-corrected chi connectivity index (χ1v) is 19.4. The van der Waals surface area contributed by atoms with E-state index in [-0.39, 0.29) is 35.1 Å². The molecule has 4 atom stereocenters. The SMILES string of the molecule is COc1cc2nc(C)nc(N[C@H](C)c3cccc(C(F)(F)F)c3F)c2cc1OCC1(CCNCCC(=O)Nc2ccc3c(O)n(C4CCC(O)NC4O)c(O)c3c2)CC1. The number of aliphatic hydroxyl groups is 2. The minimum atomic E-state index is -4.84. The Morgan fingerprint density at radius 3 is 2.49 bits per heavy atom. The molecular weight excluding hydrogens is 778 g/mol. The quantitative estimate of drug-likeness (QED) is 0.0430. The summed E-state index contributed by atoms with van der Waals surface area (Å²) < 4.78 is 68.4. The zero-order valence-electron chi connectivity index (χ0n) is 32.7. The van der Waals surface area contributed by atoms with Gasteiger partial charge in [0.15, 0.2) is 11.5 Å². The maximum atomic E-state index is 15.0. The standard InChI is InChI=1S/C41H47F4N7O7/c1-21(24-5-4-6-28(35(24)42)41(43,44)45)47-36-27-18-32(31(58-3)19-29(27)48-22(2)49-36)59-20-40(12-13-40)14-16-46-15-11-34(54)50-23-7-8-25-26(17-23)39(57)52(38(25)56)30-9-10-33(53)51-37(30)55/h4-8,17-19,21,30,33,37,46,51,53,55-57H,9-16,20H2,1-3H3,(H,50,54)(H,47,48,49)/t21-,30?,33?,37?/m1/s1. The number of amides is 1. The van der Waals surface area contributed by atoms with Crippen molar-refractivity contribution in [1.29, 1.82) is 0 Å². The Morgan fingerprint density at radius 2 is 1.78 bits per heavy atom. The van der Waals surface area contributed by atoms with E-state index in [1.807, 2.05) is 0 Å². The molecule has 1 aliphatic heterocycles. The number of piperidine rings is 1. The summed E-state index contributed by atoms with van der Waals surface area (Å²) in [5.74, 6) is -0.553. The number of carbonyl (C=O) groups excluding carboxylic acids is 1. The van der Waals surface area contributed by atoms with Crippen molar-refractivity contribution in [2.45, 2.75) is 83.1 Å². The molecule has 3 heterocycles. The highest BCUT2D eigenvalue weighted by Crippen LogP contribution is 2.50. The number of aliphatic hydroxyl groups excluding tert-OH is 2. The Hall–Kier alpha value is -5.43. The minimum Gasteiger partial charge on any atom is -0.494 e. The lowest BCUT2D eigenvalue weighted by Crippen LogP contribution is -2.47. The van der Waals surface area contributed by atoms with Gasteiger partial charge in [0.25, 0.3) is 0 Å². The van der Waals surface area contributed by atoms with Gasteiger partial charge < -0.3 is 45.9 Å². The number of aromatic hydroxyl groups is 2. The summed E-state index contributed by atoms with van der Waals surface area (Å²) in [5.41, 5.74) is -0.676. The van der Waals surface area contributed by atoms with Crippen LogP contribution in [-0.4, -0.2) is 80.1 Å². The smallest absolute Gasteiger partial charge is 0.419 e. The van der Waals surface area contributed by atoms with Crippen molar-refractivity contribution in [2.24, 2.45) is 5.41 Å². The minimum absolute atomic E-state index is 0.0987. The highest BCUT2D eigenvalue weighted by atomic mass is 19.4. The van der Waals surface area contributed by atoms with Gasteiger partial charge in [0, 0.05) is 51.9 Å². The largest absolute Gasteiger partial charge is 0.494 e.